The molecule has 6 heteroatoms. The lowest BCUT2D eigenvalue weighted by molar-refractivity contribution is -0.127. The van der Waals surface area contributed by atoms with Gasteiger partial charge in [0.25, 0.3) is 0 Å². The Kier molecular flexibility index (Phi) is 5.46. The zero-order chi connectivity index (χ0) is 16.1. The number of hydrogen-bond acceptors (Lipinski definition) is 4. The molecule has 120 valence electrons. The van der Waals surface area contributed by atoms with Gasteiger partial charge in [-0.25, -0.2) is 4.68 Å². The SMILES string of the molecule is C=CC(=O)N1CCC(n2cc(CCC(=O)C(C)C)nn2)CC1. The third kappa shape index (κ3) is 4.02. The number of nitrogens with zero attached hydrogens (tertiary/aromatic N) is 4. The van der Waals surface area contributed by atoms with Gasteiger partial charge in [-0.05, 0) is 18.9 Å². The molecule has 0 saturated carbocycles. The van der Waals surface area contributed by atoms with Crippen LogP contribution in [0.1, 0.15) is 44.8 Å². The van der Waals surface area contributed by atoms with Crippen molar-refractivity contribution in [2.45, 2.75) is 45.6 Å². The van der Waals surface area contributed by atoms with E-state index < -0.39 is 0 Å². The van der Waals surface area contributed by atoms with Gasteiger partial charge in [0.05, 0.1) is 11.7 Å². The maximum atomic E-state index is 11.7. The van der Waals surface area contributed by atoms with Crippen molar-refractivity contribution in [3.05, 3.63) is 24.5 Å². The molecule has 1 amide bonds. The van der Waals surface area contributed by atoms with Crippen LogP contribution in [0.3, 0.4) is 0 Å². The quantitative estimate of drug-likeness (QED) is 0.751. The van der Waals surface area contributed by atoms with Crippen LogP contribution in [0.4, 0.5) is 0 Å². The van der Waals surface area contributed by atoms with Gasteiger partial charge in [0.15, 0.2) is 0 Å². The lowest BCUT2D eigenvalue weighted by atomic mass is 10.0. The van der Waals surface area contributed by atoms with Crippen LogP contribution in [0.5, 0.6) is 0 Å². The van der Waals surface area contributed by atoms with Crippen LogP contribution < -0.4 is 0 Å². The molecule has 2 heterocycles. The molecule has 1 fully saturated rings. The lowest BCUT2D eigenvalue weighted by Gasteiger charge is -2.31. The highest BCUT2D eigenvalue weighted by atomic mass is 16.2. The van der Waals surface area contributed by atoms with Crippen molar-refractivity contribution in [1.29, 1.82) is 0 Å². The van der Waals surface area contributed by atoms with Gasteiger partial charge in [-0.15, -0.1) is 5.10 Å². The second-order valence-corrected chi connectivity index (χ2v) is 6.07. The summed E-state index contributed by atoms with van der Waals surface area (Å²) in [6.07, 6.45) is 6.19. The van der Waals surface area contributed by atoms with Crippen molar-refractivity contribution in [1.82, 2.24) is 19.9 Å². The first-order valence-corrected chi connectivity index (χ1v) is 7.86. The molecule has 1 aromatic rings. The topological polar surface area (TPSA) is 68.1 Å². The Morgan fingerprint density at radius 2 is 2.09 bits per heavy atom. The smallest absolute Gasteiger partial charge is 0.245 e. The minimum absolute atomic E-state index is 0.00933. The third-order valence-electron chi connectivity index (χ3n) is 4.15. The van der Waals surface area contributed by atoms with Crippen molar-refractivity contribution in [3.8, 4) is 0 Å². The number of carbonyl (C=O) groups is 2. The second-order valence-electron chi connectivity index (χ2n) is 6.07. The molecule has 0 unspecified atom stereocenters. The fraction of sp³-hybridized carbons (Fsp3) is 0.625. The van der Waals surface area contributed by atoms with E-state index in [-0.39, 0.29) is 23.7 Å². The highest BCUT2D eigenvalue weighted by molar-refractivity contribution is 5.87. The Morgan fingerprint density at radius 3 is 2.68 bits per heavy atom. The summed E-state index contributed by atoms with van der Waals surface area (Å²) in [4.78, 5) is 25.0. The number of amides is 1. The van der Waals surface area contributed by atoms with E-state index in [0.29, 0.717) is 12.8 Å². The number of Topliss-reactive ketones (excluding diaryl/α,β-unsaturated/α-hetero) is 1. The molecule has 0 atom stereocenters. The minimum atomic E-state index is -0.00933. The predicted octanol–water partition coefficient (Wildman–Crippen LogP) is 1.79. The maximum absolute atomic E-state index is 11.7. The number of carbonyl (C=O) groups excluding carboxylic acids is 2. The van der Waals surface area contributed by atoms with Gasteiger partial charge in [-0.2, -0.15) is 0 Å². The van der Waals surface area contributed by atoms with Gasteiger partial charge in [-0.1, -0.05) is 25.6 Å². The van der Waals surface area contributed by atoms with Crippen molar-refractivity contribution < 1.29 is 9.59 Å². The third-order valence-corrected chi connectivity index (χ3v) is 4.15. The lowest BCUT2D eigenvalue weighted by Crippen LogP contribution is -2.38. The summed E-state index contributed by atoms with van der Waals surface area (Å²) >= 11 is 0. The molecule has 1 saturated heterocycles. The van der Waals surface area contributed by atoms with Crippen molar-refractivity contribution in [2.75, 3.05) is 13.1 Å². The molecule has 0 bridgehead atoms. The van der Waals surface area contributed by atoms with Crippen molar-refractivity contribution >= 4 is 11.7 Å². The first-order chi connectivity index (χ1) is 10.5. The minimum Gasteiger partial charge on any atom is -0.339 e. The van der Waals surface area contributed by atoms with Crippen LogP contribution in [0.15, 0.2) is 18.9 Å². The van der Waals surface area contributed by atoms with E-state index in [1.54, 1.807) is 0 Å². The van der Waals surface area contributed by atoms with E-state index in [1.165, 1.54) is 6.08 Å². The molecule has 0 radical (unpaired) electrons. The van der Waals surface area contributed by atoms with Gasteiger partial charge < -0.3 is 4.90 Å². The molecule has 2 rings (SSSR count). The molecule has 1 aliphatic heterocycles. The van der Waals surface area contributed by atoms with Gasteiger partial charge in [0.2, 0.25) is 5.91 Å². The standard InChI is InChI=1S/C16H24N4O2/c1-4-16(22)19-9-7-14(8-10-19)20-11-13(17-18-20)5-6-15(21)12(2)3/h4,11-12,14H,1,5-10H2,2-3H3. The van der Waals surface area contributed by atoms with Gasteiger partial charge in [-0.3, -0.25) is 9.59 Å². The van der Waals surface area contributed by atoms with E-state index in [4.69, 9.17) is 0 Å². The highest BCUT2D eigenvalue weighted by Crippen LogP contribution is 2.22. The highest BCUT2D eigenvalue weighted by Gasteiger charge is 2.23. The zero-order valence-electron chi connectivity index (χ0n) is 13.4. The number of aromatic nitrogens is 3. The molecule has 0 N–H and O–H groups in total. The molecular formula is C16H24N4O2. The summed E-state index contributed by atoms with van der Waals surface area (Å²) in [7, 11) is 0. The number of aryl methyl sites for hydroxylation is 1. The Hall–Kier alpha value is -1.98. The van der Waals surface area contributed by atoms with E-state index in [9.17, 15) is 9.59 Å². The summed E-state index contributed by atoms with van der Waals surface area (Å²) in [6.45, 7) is 8.78. The van der Waals surface area contributed by atoms with Crippen molar-refractivity contribution in [2.24, 2.45) is 5.92 Å². The number of ketones is 1. The van der Waals surface area contributed by atoms with E-state index >= 15 is 0 Å². The Labute approximate surface area is 131 Å². The van der Waals surface area contributed by atoms with Crippen LogP contribution in [0.2, 0.25) is 0 Å². The summed E-state index contributed by atoms with van der Waals surface area (Å²) in [6, 6.07) is 0.274. The number of hydrogen-bond donors (Lipinski definition) is 0. The predicted molar refractivity (Wildman–Crippen MR) is 83.2 cm³/mol. The first kappa shape index (κ1) is 16.4. The van der Waals surface area contributed by atoms with Crippen LogP contribution in [0.25, 0.3) is 0 Å². The second kappa shape index (κ2) is 7.33. The normalized spacial score (nSPS) is 16.0. The van der Waals surface area contributed by atoms with Crippen molar-refractivity contribution in [3.63, 3.8) is 0 Å². The fourth-order valence-electron chi connectivity index (χ4n) is 2.63. The number of piperidine rings is 1. The molecule has 22 heavy (non-hydrogen) atoms. The van der Waals surface area contributed by atoms with Crippen LogP contribution in [-0.2, 0) is 16.0 Å². The van der Waals surface area contributed by atoms with E-state index in [2.05, 4.69) is 16.9 Å². The first-order valence-electron chi connectivity index (χ1n) is 7.86. The van der Waals surface area contributed by atoms with Crippen LogP contribution in [-0.4, -0.2) is 44.7 Å². The van der Waals surface area contributed by atoms with E-state index in [1.807, 2.05) is 29.6 Å². The fourth-order valence-corrected chi connectivity index (χ4v) is 2.63. The maximum Gasteiger partial charge on any atom is 0.245 e. The van der Waals surface area contributed by atoms with Crippen LogP contribution in [0, 0.1) is 5.92 Å². The summed E-state index contributed by atoms with van der Waals surface area (Å²) < 4.78 is 1.88. The average molecular weight is 304 g/mol. The Morgan fingerprint density at radius 1 is 1.41 bits per heavy atom. The summed E-state index contributed by atoms with van der Waals surface area (Å²) in [5.74, 6) is 0.317. The summed E-state index contributed by atoms with van der Waals surface area (Å²) in [5.41, 5.74) is 0.860. The molecular weight excluding hydrogens is 280 g/mol. The monoisotopic (exact) mass is 304 g/mol. The van der Waals surface area contributed by atoms with Gasteiger partial charge in [0.1, 0.15) is 5.78 Å². The molecule has 6 nitrogen and oxygen atoms in total. The Balaban J connectivity index is 1.86. The van der Waals surface area contributed by atoms with Gasteiger partial charge >= 0.3 is 0 Å². The van der Waals surface area contributed by atoms with Gasteiger partial charge in [0, 0.05) is 38.0 Å². The number of rotatable bonds is 6. The number of likely N-dealkylation sites (tertiary alicyclic amines) is 1. The zero-order valence-corrected chi connectivity index (χ0v) is 13.4. The van der Waals surface area contributed by atoms with E-state index in [0.717, 1.165) is 31.6 Å². The molecule has 0 aliphatic carbocycles. The molecule has 1 aliphatic rings. The largest absolute Gasteiger partial charge is 0.339 e. The summed E-state index contributed by atoms with van der Waals surface area (Å²) in [5, 5.41) is 8.34. The molecule has 1 aromatic heterocycles. The Bertz CT molecular complexity index is 542. The van der Waals surface area contributed by atoms with Crippen LogP contribution >= 0.6 is 0 Å². The molecule has 0 spiro atoms. The average Bonchev–Trinajstić information content (AvgIpc) is 3.00. The molecule has 0 aromatic carbocycles.